The van der Waals surface area contributed by atoms with E-state index in [1.54, 1.807) is 0 Å². The summed E-state index contributed by atoms with van der Waals surface area (Å²) >= 11 is 1.52. The van der Waals surface area contributed by atoms with Crippen molar-refractivity contribution in [3.05, 3.63) is 23.8 Å². The quantitative estimate of drug-likeness (QED) is 0.921. The highest BCUT2D eigenvalue weighted by Gasteiger charge is 2.08. The molecule has 4 nitrogen and oxygen atoms in total. The number of hydrogen-bond acceptors (Lipinski definition) is 4. The second kappa shape index (κ2) is 5.46. The summed E-state index contributed by atoms with van der Waals surface area (Å²) in [6, 6.07) is 6.10. The number of thiazole rings is 1. The summed E-state index contributed by atoms with van der Waals surface area (Å²) in [6.07, 6.45) is 0.488. The predicted octanol–water partition coefficient (Wildman–Crippen LogP) is 2.49. The summed E-state index contributed by atoms with van der Waals surface area (Å²) in [6.45, 7) is 2.80. The van der Waals surface area contributed by atoms with Crippen LogP contribution in [0.15, 0.2) is 18.2 Å². The number of anilines is 1. The Morgan fingerprint density at radius 1 is 1.44 bits per heavy atom. The first kappa shape index (κ1) is 13.0. The third-order valence-electron chi connectivity index (χ3n) is 2.58. The van der Waals surface area contributed by atoms with Crippen molar-refractivity contribution < 1.29 is 4.79 Å². The molecule has 0 spiro atoms. The van der Waals surface area contributed by atoms with E-state index in [0.717, 1.165) is 16.8 Å². The van der Waals surface area contributed by atoms with Gasteiger partial charge in [-0.25, -0.2) is 4.98 Å². The molecular formula is C13H17N3OS. The molecule has 1 amide bonds. The summed E-state index contributed by atoms with van der Waals surface area (Å²) in [5.41, 5.74) is 2.14. The summed E-state index contributed by atoms with van der Waals surface area (Å²) in [4.78, 5) is 18.1. The van der Waals surface area contributed by atoms with E-state index in [1.807, 2.05) is 31.1 Å². The van der Waals surface area contributed by atoms with E-state index in [0.29, 0.717) is 11.6 Å². The van der Waals surface area contributed by atoms with E-state index in [9.17, 15) is 4.79 Å². The number of aryl methyl sites for hydroxylation is 1. The third-order valence-corrected chi connectivity index (χ3v) is 3.51. The predicted molar refractivity (Wildman–Crippen MR) is 76.2 cm³/mol. The first-order chi connectivity index (χ1) is 8.54. The lowest BCUT2D eigenvalue weighted by Crippen LogP contribution is -2.20. The van der Waals surface area contributed by atoms with Gasteiger partial charge < -0.3 is 10.2 Å². The van der Waals surface area contributed by atoms with Crippen molar-refractivity contribution in [1.29, 1.82) is 0 Å². The molecule has 0 bridgehead atoms. The minimum absolute atomic E-state index is 0.0134. The van der Waals surface area contributed by atoms with Crippen LogP contribution in [0, 0.1) is 6.92 Å². The zero-order valence-electron chi connectivity index (χ0n) is 10.9. The summed E-state index contributed by atoms with van der Waals surface area (Å²) < 4.78 is 1.11. The van der Waals surface area contributed by atoms with Gasteiger partial charge in [0.1, 0.15) is 0 Å². The van der Waals surface area contributed by atoms with Crippen LogP contribution in [-0.2, 0) is 4.79 Å². The zero-order valence-corrected chi connectivity index (χ0v) is 11.7. The highest BCUT2D eigenvalue weighted by atomic mass is 32.1. The van der Waals surface area contributed by atoms with E-state index in [2.05, 4.69) is 23.3 Å². The third kappa shape index (κ3) is 3.27. The van der Waals surface area contributed by atoms with Gasteiger partial charge in [-0.15, -0.1) is 0 Å². The van der Waals surface area contributed by atoms with Crippen molar-refractivity contribution in [3.8, 4) is 0 Å². The minimum atomic E-state index is 0.0134. The zero-order chi connectivity index (χ0) is 13.1. The number of carbonyl (C=O) groups excluding carboxylic acids is 1. The van der Waals surface area contributed by atoms with Crippen molar-refractivity contribution in [2.75, 3.05) is 26.0 Å². The molecule has 1 aromatic carbocycles. The highest BCUT2D eigenvalue weighted by molar-refractivity contribution is 7.22. The lowest BCUT2D eigenvalue weighted by Gasteiger charge is -2.07. The van der Waals surface area contributed by atoms with Gasteiger partial charge in [-0.2, -0.15) is 0 Å². The van der Waals surface area contributed by atoms with Gasteiger partial charge >= 0.3 is 0 Å². The van der Waals surface area contributed by atoms with Crippen molar-refractivity contribution >= 4 is 32.6 Å². The van der Waals surface area contributed by atoms with Crippen LogP contribution < -0.4 is 5.32 Å². The number of benzene rings is 1. The molecule has 0 fully saturated rings. The molecule has 0 unspecified atom stereocenters. The summed E-state index contributed by atoms with van der Waals surface area (Å²) in [5, 5.41) is 3.53. The molecule has 2 rings (SSSR count). The number of fused-ring (bicyclic) bond motifs is 1. The number of hydrogen-bond donors (Lipinski definition) is 1. The van der Waals surface area contributed by atoms with E-state index in [-0.39, 0.29) is 5.91 Å². The highest BCUT2D eigenvalue weighted by Crippen LogP contribution is 2.26. The molecule has 0 saturated heterocycles. The van der Waals surface area contributed by atoms with Crippen LogP contribution in [0.3, 0.4) is 0 Å². The smallest absolute Gasteiger partial charge is 0.227 e. The maximum atomic E-state index is 11.7. The Bertz CT molecular complexity index is 562. The second-order valence-electron chi connectivity index (χ2n) is 4.59. The molecule has 1 aromatic heterocycles. The van der Waals surface area contributed by atoms with E-state index in [1.165, 1.54) is 16.9 Å². The molecule has 0 aliphatic carbocycles. The Morgan fingerprint density at radius 2 is 2.22 bits per heavy atom. The van der Waals surface area contributed by atoms with Crippen LogP contribution in [-0.4, -0.2) is 36.4 Å². The summed E-state index contributed by atoms with van der Waals surface area (Å²) in [5.74, 6) is 0.0134. The Labute approximate surface area is 111 Å². The molecule has 0 radical (unpaired) electrons. The van der Waals surface area contributed by atoms with Crippen LogP contribution >= 0.6 is 11.3 Å². The molecule has 5 heteroatoms. The van der Waals surface area contributed by atoms with Crippen LogP contribution in [0.4, 0.5) is 5.13 Å². The molecule has 0 aliphatic heterocycles. The second-order valence-corrected chi connectivity index (χ2v) is 5.62. The number of amides is 1. The summed E-state index contributed by atoms with van der Waals surface area (Å²) in [7, 11) is 3.90. The molecule has 0 atom stereocenters. The van der Waals surface area contributed by atoms with Gasteiger partial charge in [-0.3, -0.25) is 4.79 Å². The molecule has 0 saturated carbocycles. The van der Waals surface area contributed by atoms with Crippen LogP contribution in [0.25, 0.3) is 10.2 Å². The number of rotatable bonds is 4. The normalized spacial score (nSPS) is 11.1. The average molecular weight is 263 g/mol. The fourth-order valence-electron chi connectivity index (χ4n) is 1.59. The molecule has 96 valence electrons. The number of nitrogens with zero attached hydrogens (tertiary/aromatic N) is 2. The van der Waals surface area contributed by atoms with Gasteiger partial charge in [0.05, 0.1) is 10.2 Å². The largest absolute Gasteiger partial charge is 0.309 e. The van der Waals surface area contributed by atoms with Gasteiger partial charge in [0, 0.05) is 13.0 Å². The van der Waals surface area contributed by atoms with Crippen LogP contribution in [0.2, 0.25) is 0 Å². The first-order valence-electron chi connectivity index (χ1n) is 5.86. The maximum absolute atomic E-state index is 11.7. The minimum Gasteiger partial charge on any atom is -0.309 e. The average Bonchev–Trinajstić information content (AvgIpc) is 2.67. The van der Waals surface area contributed by atoms with Crippen molar-refractivity contribution in [3.63, 3.8) is 0 Å². The fourth-order valence-corrected chi connectivity index (χ4v) is 2.57. The standard InChI is InChI=1S/C13H17N3OS/c1-9-4-5-10-11(8-9)18-13(14-10)15-12(17)6-7-16(2)3/h4-5,8H,6-7H2,1-3H3,(H,14,15,17). The monoisotopic (exact) mass is 263 g/mol. The Morgan fingerprint density at radius 3 is 2.94 bits per heavy atom. The molecular weight excluding hydrogens is 246 g/mol. The maximum Gasteiger partial charge on any atom is 0.227 e. The van der Waals surface area contributed by atoms with Crippen LogP contribution in [0.1, 0.15) is 12.0 Å². The van der Waals surface area contributed by atoms with Gasteiger partial charge in [0.2, 0.25) is 5.91 Å². The van der Waals surface area contributed by atoms with Gasteiger partial charge in [0.15, 0.2) is 5.13 Å². The topological polar surface area (TPSA) is 45.2 Å². The van der Waals surface area contributed by atoms with Gasteiger partial charge in [-0.1, -0.05) is 17.4 Å². The molecule has 2 aromatic rings. The Hall–Kier alpha value is -1.46. The molecule has 18 heavy (non-hydrogen) atoms. The number of carbonyl (C=O) groups is 1. The van der Waals surface area contributed by atoms with Crippen molar-refractivity contribution in [2.24, 2.45) is 0 Å². The Kier molecular flexibility index (Phi) is 3.93. The van der Waals surface area contributed by atoms with E-state index in [4.69, 9.17) is 0 Å². The number of nitrogens with one attached hydrogen (secondary N) is 1. The molecule has 1 N–H and O–H groups in total. The Balaban J connectivity index is 2.05. The van der Waals surface area contributed by atoms with Crippen molar-refractivity contribution in [2.45, 2.75) is 13.3 Å². The van der Waals surface area contributed by atoms with Crippen molar-refractivity contribution in [1.82, 2.24) is 9.88 Å². The SMILES string of the molecule is Cc1ccc2nc(NC(=O)CCN(C)C)sc2c1. The van der Waals surface area contributed by atoms with E-state index < -0.39 is 0 Å². The van der Waals surface area contributed by atoms with Gasteiger partial charge in [0.25, 0.3) is 0 Å². The van der Waals surface area contributed by atoms with E-state index >= 15 is 0 Å². The first-order valence-corrected chi connectivity index (χ1v) is 6.68. The van der Waals surface area contributed by atoms with Gasteiger partial charge in [-0.05, 0) is 38.7 Å². The van der Waals surface area contributed by atoms with Crippen LogP contribution in [0.5, 0.6) is 0 Å². The number of aromatic nitrogens is 1. The lowest BCUT2D eigenvalue weighted by atomic mass is 10.2. The fraction of sp³-hybridized carbons (Fsp3) is 0.385. The molecule has 0 aliphatic rings. The lowest BCUT2D eigenvalue weighted by molar-refractivity contribution is -0.116. The molecule has 1 heterocycles.